The van der Waals surface area contributed by atoms with Gasteiger partial charge in [0.05, 0.1) is 5.02 Å². The van der Waals surface area contributed by atoms with E-state index in [9.17, 15) is 4.39 Å². The summed E-state index contributed by atoms with van der Waals surface area (Å²) in [6.07, 6.45) is 0.924. The highest BCUT2D eigenvalue weighted by Gasteiger charge is 2.18. The van der Waals surface area contributed by atoms with Gasteiger partial charge in [0, 0.05) is 11.6 Å². The predicted octanol–water partition coefficient (Wildman–Crippen LogP) is 3.95. The molecule has 0 saturated carbocycles. The van der Waals surface area contributed by atoms with Crippen molar-refractivity contribution in [1.29, 1.82) is 0 Å². The monoisotopic (exact) mass is 251 g/mol. The number of nitrogens with two attached hydrogens (primary N) is 1. The zero-order chi connectivity index (χ0) is 10.7. The van der Waals surface area contributed by atoms with Crippen LogP contribution in [0.15, 0.2) is 18.2 Å². The van der Waals surface area contributed by atoms with Crippen LogP contribution < -0.4 is 5.73 Å². The minimum absolute atomic E-state index is 0. The van der Waals surface area contributed by atoms with E-state index in [4.69, 9.17) is 17.3 Å². The number of halogens is 3. The number of hydrogen-bond donors (Lipinski definition) is 1. The van der Waals surface area contributed by atoms with Gasteiger partial charge in [-0.05, 0) is 12.0 Å². The molecule has 2 atom stereocenters. The summed E-state index contributed by atoms with van der Waals surface area (Å²) in [4.78, 5) is 0. The second-order valence-electron chi connectivity index (χ2n) is 3.55. The standard InChI is InChI=1S/C11H15ClFN.ClH/c1-3-7(2)11(14)8-5-4-6-9(12)10(8)13;/h4-7,11H,3,14H2,1-2H3;1H/t7?,11-;/m0./s1. The first kappa shape index (κ1) is 14.7. The Bertz CT molecular complexity index is 317. The maximum atomic E-state index is 13.5. The third-order valence-corrected chi connectivity index (χ3v) is 2.89. The molecular weight excluding hydrogens is 236 g/mol. The normalized spacial score (nSPS) is 14.2. The summed E-state index contributed by atoms with van der Waals surface area (Å²) < 4.78 is 13.5. The molecule has 0 aliphatic carbocycles. The van der Waals surface area contributed by atoms with Crippen LogP contribution in [-0.2, 0) is 0 Å². The lowest BCUT2D eigenvalue weighted by atomic mass is 9.93. The van der Waals surface area contributed by atoms with Gasteiger partial charge in [-0.15, -0.1) is 12.4 Å². The average molecular weight is 252 g/mol. The van der Waals surface area contributed by atoms with E-state index in [1.54, 1.807) is 12.1 Å². The summed E-state index contributed by atoms with van der Waals surface area (Å²) in [6, 6.07) is 4.67. The summed E-state index contributed by atoms with van der Waals surface area (Å²) in [6.45, 7) is 4.04. The summed E-state index contributed by atoms with van der Waals surface area (Å²) >= 11 is 5.68. The van der Waals surface area contributed by atoms with Crippen LogP contribution in [0.5, 0.6) is 0 Å². The molecular formula is C11H16Cl2FN. The summed E-state index contributed by atoms with van der Waals surface area (Å²) in [5.41, 5.74) is 6.43. The highest BCUT2D eigenvalue weighted by molar-refractivity contribution is 6.30. The Morgan fingerprint density at radius 1 is 1.47 bits per heavy atom. The Balaban J connectivity index is 0.00000196. The van der Waals surface area contributed by atoms with E-state index in [0.717, 1.165) is 6.42 Å². The molecule has 15 heavy (non-hydrogen) atoms. The Morgan fingerprint density at radius 3 is 2.60 bits per heavy atom. The topological polar surface area (TPSA) is 26.0 Å². The second-order valence-corrected chi connectivity index (χ2v) is 3.96. The number of hydrogen-bond acceptors (Lipinski definition) is 1. The van der Waals surface area contributed by atoms with Crippen LogP contribution in [0.25, 0.3) is 0 Å². The van der Waals surface area contributed by atoms with Crippen molar-refractivity contribution in [1.82, 2.24) is 0 Å². The molecule has 86 valence electrons. The van der Waals surface area contributed by atoms with E-state index in [0.29, 0.717) is 5.56 Å². The van der Waals surface area contributed by atoms with Crippen LogP contribution in [-0.4, -0.2) is 0 Å². The fourth-order valence-electron chi connectivity index (χ4n) is 1.34. The van der Waals surface area contributed by atoms with Gasteiger partial charge in [0.1, 0.15) is 5.82 Å². The Labute approximate surface area is 101 Å². The van der Waals surface area contributed by atoms with Crippen LogP contribution in [0.3, 0.4) is 0 Å². The molecule has 0 amide bonds. The van der Waals surface area contributed by atoms with Crippen molar-refractivity contribution in [3.63, 3.8) is 0 Å². The fourth-order valence-corrected chi connectivity index (χ4v) is 1.52. The first-order valence-corrected chi connectivity index (χ1v) is 5.15. The van der Waals surface area contributed by atoms with E-state index in [1.165, 1.54) is 6.07 Å². The molecule has 1 aromatic rings. The second kappa shape index (κ2) is 6.31. The van der Waals surface area contributed by atoms with Gasteiger partial charge in [-0.2, -0.15) is 0 Å². The molecule has 1 nitrogen and oxygen atoms in total. The van der Waals surface area contributed by atoms with E-state index in [-0.39, 0.29) is 35.2 Å². The SMILES string of the molecule is CCC(C)[C@H](N)c1cccc(Cl)c1F.Cl. The first-order chi connectivity index (χ1) is 6.57. The van der Waals surface area contributed by atoms with E-state index < -0.39 is 0 Å². The van der Waals surface area contributed by atoms with Crippen LogP contribution in [0.4, 0.5) is 4.39 Å². The molecule has 2 N–H and O–H groups in total. The molecule has 0 spiro atoms. The van der Waals surface area contributed by atoms with Gasteiger partial charge in [0.25, 0.3) is 0 Å². The zero-order valence-corrected chi connectivity index (χ0v) is 10.4. The van der Waals surface area contributed by atoms with E-state index in [1.807, 2.05) is 13.8 Å². The fraction of sp³-hybridized carbons (Fsp3) is 0.455. The van der Waals surface area contributed by atoms with Gasteiger partial charge < -0.3 is 5.73 Å². The van der Waals surface area contributed by atoms with Gasteiger partial charge in [-0.3, -0.25) is 0 Å². The zero-order valence-electron chi connectivity index (χ0n) is 8.84. The summed E-state index contributed by atoms with van der Waals surface area (Å²) in [5, 5.41) is 0.140. The average Bonchev–Trinajstić information content (AvgIpc) is 2.20. The van der Waals surface area contributed by atoms with Gasteiger partial charge >= 0.3 is 0 Å². The lowest BCUT2D eigenvalue weighted by Gasteiger charge is -2.19. The molecule has 0 saturated heterocycles. The van der Waals surface area contributed by atoms with Crippen molar-refractivity contribution >= 4 is 24.0 Å². The molecule has 0 fully saturated rings. The quantitative estimate of drug-likeness (QED) is 0.866. The molecule has 0 aromatic heterocycles. The molecule has 1 rings (SSSR count). The van der Waals surface area contributed by atoms with Crippen molar-refractivity contribution < 1.29 is 4.39 Å². The van der Waals surface area contributed by atoms with Crippen molar-refractivity contribution in [2.75, 3.05) is 0 Å². The molecule has 1 unspecified atom stereocenters. The number of benzene rings is 1. The summed E-state index contributed by atoms with van der Waals surface area (Å²) in [5.74, 6) is -0.134. The third-order valence-electron chi connectivity index (χ3n) is 2.60. The van der Waals surface area contributed by atoms with Gasteiger partial charge in [-0.25, -0.2) is 4.39 Å². The van der Waals surface area contributed by atoms with Crippen molar-refractivity contribution in [3.05, 3.63) is 34.6 Å². The smallest absolute Gasteiger partial charge is 0.146 e. The van der Waals surface area contributed by atoms with Gasteiger partial charge in [-0.1, -0.05) is 44.0 Å². The molecule has 4 heteroatoms. The van der Waals surface area contributed by atoms with Crippen molar-refractivity contribution in [3.8, 4) is 0 Å². The molecule has 0 bridgehead atoms. The van der Waals surface area contributed by atoms with Crippen LogP contribution in [0.1, 0.15) is 31.9 Å². The number of rotatable bonds is 3. The predicted molar refractivity (Wildman–Crippen MR) is 65.0 cm³/mol. The minimum atomic E-state index is -0.387. The first-order valence-electron chi connectivity index (χ1n) is 4.77. The van der Waals surface area contributed by atoms with Crippen molar-refractivity contribution in [2.45, 2.75) is 26.3 Å². The largest absolute Gasteiger partial charge is 0.324 e. The maximum Gasteiger partial charge on any atom is 0.146 e. The Hall–Kier alpha value is -0.310. The van der Waals surface area contributed by atoms with Gasteiger partial charge in [0.15, 0.2) is 0 Å². The molecule has 0 aliphatic rings. The van der Waals surface area contributed by atoms with Crippen LogP contribution in [0.2, 0.25) is 5.02 Å². The van der Waals surface area contributed by atoms with E-state index in [2.05, 4.69) is 0 Å². The maximum absolute atomic E-state index is 13.5. The lowest BCUT2D eigenvalue weighted by Crippen LogP contribution is -2.19. The molecule has 1 aromatic carbocycles. The van der Waals surface area contributed by atoms with Crippen LogP contribution in [0, 0.1) is 11.7 Å². The highest BCUT2D eigenvalue weighted by atomic mass is 35.5. The minimum Gasteiger partial charge on any atom is -0.324 e. The van der Waals surface area contributed by atoms with Crippen molar-refractivity contribution in [2.24, 2.45) is 11.7 Å². The Kier molecular flexibility index (Phi) is 6.18. The molecule has 0 aliphatic heterocycles. The summed E-state index contributed by atoms with van der Waals surface area (Å²) in [7, 11) is 0. The third kappa shape index (κ3) is 3.33. The van der Waals surface area contributed by atoms with Crippen LogP contribution >= 0.6 is 24.0 Å². The highest BCUT2D eigenvalue weighted by Crippen LogP contribution is 2.27. The van der Waals surface area contributed by atoms with E-state index >= 15 is 0 Å². The Morgan fingerprint density at radius 2 is 2.07 bits per heavy atom. The molecule has 0 heterocycles. The lowest BCUT2D eigenvalue weighted by molar-refractivity contribution is 0.439. The molecule has 0 radical (unpaired) electrons. The van der Waals surface area contributed by atoms with Gasteiger partial charge in [0.2, 0.25) is 0 Å².